The lowest BCUT2D eigenvalue weighted by Crippen LogP contribution is -2.47. The molecule has 9 N–H and O–H groups in total. The smallest absolute Gasteiger partial charge is 0.425 e. The topological polar surface area (TPSA) is 546 Å². The van der Waals surface area contributed by atoms with Gasteiger partial charge in [0.15, 0.2) is 11.5 Å². The van der Waals surface area contributed by atoms with Crippen molar-refractivity contribution in [3.05, 3.63) is 172 Å². The van der Waals surface area contributed by atoms with Crippen molar-refractivity contribution in [2.75, 3.05) is 36.0 Å². The number of para-hydroxylation sites is 2. The summed E-state index contributed by atoms with van der Waals surface area (Å²) in [5.41, 5.74) is 7.67. The van der Waals surface area contributed by atoms with Crippen molar-refractivity contribution in [2.24, 2.45) is 5.92 Å². The van der Waals surface area contributed by atoms with Gasteiger partial charge in [-0.2, -0.15) is 22.6 Å². The number of allylic oxidation sites excluding steroid dienone is 7. The Bertz CT molecular complexity index is 4780. The number of ether oxygens (including phenoxy) is 1. The van der Waals surface area contributed by atoms with Gasteiger partial charge in [0.1, 0.15) is 35.9 Å². The van der Waals surface area contributed by atoms with E-state index in [-0.39, 0.29) is 101 Å². The van der Waals surface area contributed by atoms with Gasteiger partial charge in [-0.3, -0.25) is 33.3 Å². The molecule has 2 aliphatic heterocycles. The summed E-state index contributed by atoms with van der Waals surface area (Å²) in [6.07, 6.45) is 9.37. The van der Waals surface area contributed by atoms with Gasteiger partial charge in [0.25, 0.3) is 10.1 Å². The minimum absolute atomic E-state index is 0.0126. The molecule has 624 valence electrons. The molecule has 0 saturated heterocycles. The highest BCUT2D eigenvalue weighted by Crippen LogP contribution is 2.48. The zero-order valence-corrected chi connectivity index (χ0v) is 66.8. The van der Waals surface area contributed by atoms with Crippen LogP contribution in [-0.2, 0) is 113 Å². The van der Waals surface area contributed by atoms with Gasteiger partial charge >= 0.3 is 57.3 Å². The molecule has 0 fully saturated rings. The van der Waals surface area contributed by atoms with E-state index in [1.54, 1.807) is 54.6 Å². The van der Waals surface area contributed by atoms with Gasteiger partial charge in [-0.05, 0) is 143 Å². The molecule has 1 aliphatic carbocycles. The molecule has 0 radical (unpaired) electrons. The summed E-state index contributed by atoms with van der Waals surface area (Å²) in [7, 11) is -14.8. The average molecular weight is 1680 g/mol. The number of urea groups is 1. The first-order valence-corrected chi connectivity index (χ1v) is 41.5. The van der Waals surface area contributed by atoms with E-state index in [2.05, 4.69) is 76.6 Å². The van der Waals surface area contributed by atoms with Crippen LogP contribution in [0.25, 0.3) is 0 Å². The SMILES string of the molecule is CC1(C)C(=CC=C2CCCC(C=CC3=[N+](CCCCS(=O)(=O)O)c4ccccc4C3(C)C)=C2Oc2ccc(C[C@H](NC(=O)[C@H](CC(=O)O)CC(=O)[C@H](Cc3ccccc3)NC(=O)CCCCC(=O)CC[C@H](NC(=O)NCCCC(=O)O)C(=O)O)C(=O)O)cc2)N(CCCCS(=O)(=O)[O-])c2ccccc21.O=C=O.O=S(=O)=O.O=S(=O)=O. The minimum atomic E-state index is -4.42. The third-order valence-electron chi connectivity index (χ3n) is 18.7. The lowest BCUT2D eigenvalue weighted by atomic mass is 9.81. The Hall–Kier alpha value is -11.0. The van der Waals surface area contributed by atoms with Gasteiger partial charge in [0.05, 0.1) is 39.7 Å². The molecule has 7 rings (SSSR count). The molecule has 0 unspecified atom stereocenters. The van der Waals surface area contributed by atoms with Crippen molar-refractivity contribution in [1.82, 2.24) is 21.3 Å². The van der Waals surface area contributed by atoms with Crippen LogP contribution in [0.2, 0.25) is 0 Å². The number of ketones is 2. The van der Waals surface area contributed by atoms with Crippen LogP contribution in [0.1, 0.15) is 159 Å². The van der Waals surface area contributed by atoms with Crippen molar-refractivity contribution < 1.29 is 134 Å². The second-order valence-corrected chi connectivity index (χ2v) is 31.8. The molecule has 0 saturated carbocycles. The van der Waals surface area contributed by atoms with Crippen LogP contribution in [0.3, 0.4) is 0 Å². The van der Waals surface area contributed by atoms with Crippen LogP contribution in [-0.4, -0.2) is 191 Å². The molecule has 38 heteroatoms. The zero-order valence-electron chi connectivity index (χ0n) is 63.6. The van der Waals surface area contributed by atoms with Crippen molar-refractivity contribution >= 4 is 118 Å². The summed E-state index contributed by atoms with van der Waals surface area (Å²) in [6.45, 7) is 9.34. The zero-order chi connectivity index (χ0) is 85.8. The quantitative estimate of drug-likeness (QED) is 0.0129. The van der Waals surface area contributed by atoms with Crippen LogP contribution in [0.4, 0.5) is 16.2 Å². The third-order valence-corrected chi connectivity index (χ3v) is 20.3. The minimum Gasteiger partial charge on any atom is -0.748 e. The number of amides is 4. The number of rotatable bonds is 42. The molecule has 4 aromatic carbocycles. The summed E-state index contributed by atoms with van der Waals surface area (Å²) in [5, 5.41) is 48.7. The van der Waals surface area contributed by atoms with E-state index < -0.39 is 142 Å². The Morgan fingerprint density at radius 2 is 1.20 bits per heavy atom. The number of fused-ring (bicyclic) bond motifs is 2. The Morgan fingerprint density at radius 1 is 0.617 bits per heavy atom. The van der Waals surface area contributed by atoms with Crippen LogP contribution >= 0.6 is 0 Å². The lowest BCUT2D eigenvalue weighted by Gasteiger charge is -2.28. The number of hydrogen-bond acceptors (Lipinski definition) is 24. The molecule has 0 bridgehead atoms. The number of carboxylic acid groups (broad SMARTS) is 4. The summed E-state index contributed by atoms with van der Waals surface area (Å²) in [5.74, 6) is -9.55. The summed E-state index contributed by atoms with van der Waals surface area (Å²) in [6, 6.07) is 26.0. The van der Waals surface area contributed by atoms with Crippen molar-refractivity contribution in [3.8, 4) is 5.75 Å². The Morgan fingerprint density at radius 3 is 1.81 bits per heavy atom. The van der Waals surface area contributed by atoms with Crippen LogP contribution < -0.4 is 30.9 Å². The van der Waals surface area contributed by atoms with Gasteiger partial charge in [-0.25, -0.2) is 22.8 Å². The van der Waals surface area contributed by atoms with E-state index in [0.717, 1.165) is 51.5 Å². The average Bonchev–Trinajstić information content (AvgIpc) is 1.60. The Balaban J connectivity index is 0.00000238. The maximum absolute atomic E-state index is 14.2. The van der Waals surface area contributed by atoms with E-state index in [4.69, 9.17) is 44.7 Å². The highest BCUT2D eigenvalue weighted by atomic mass is 32.2. The molecule has 34 nitrogen and oxygen atoms in total. The molecular formula is C77H94N6O28S4. The van der Waals surface area contributed by atoms with E-state index >= 15 is 0 Å². The van der Waals surface area contributed by atoms with Gasteiger partial charge < -0.3 is 55.9 Å². The van der Waals surface area contributed by atoms with Crippen LogP contribution in [0.15, 0.2) is 150 Å². The highest BCUT2D eigenvalue weighted by Gasteiger charge is 2.45. The van der Waals surface area contributed by atoms with E-state index in [0.29, 0.717) is 61.4 Å². The number of unbranched alkanes of at least 4 members (excludes halogenated alkanes) is 3. The second-order valence-electron chi connectivity index (χ2n) is 27.9. The Kier molecular flexibility index (Phi) is 39.4. The van der Waals surface area contributed by atoms with Crippen molar-refractivity contribution in [2.45, 2.75) is 179 Å². The second kappa shape index (κ2) is 47.0. The fraction of sp³-hybridized carbons (Fsp3) is 0.442. The third kappa shape index (κ3) is 33.9. The van der Waals surface area contributed by atoms with Crippen molar-refractivity contribution in [1.29, 1.82) is 0 Å². The van der Waals surface area contributed by atoms with E-state index in [1.807, 2.05) is 54.6 Å². The number of Topliss-reactive ketones (excluding diaryl/α,β-unsaturated/α-hetero) is 2. The standard InChI is InChI=1S/C76H94N6O20S2.CO2.2O3S/c1-75(2)57-25-9-11-27-62(57)81(42-14-16-44-103(96,97)98)65(75)39-33-52-22-18-23-53(34-40-66-76(3,4)58-26-10-12-28-63(58)82(66)43-15-17-45-104(99,100)101)70(52)102-56-36-31-51(32-37-56)47-61(73(93)94)79-71(90)54(49-69(88)89)48-64(84)60(46-50-20-6-5-7-21-50)78-67(85)29-13-8-24-55(83)35-38-59(72(91)92)80-74(95)77-41-19-30-68(86)87;2-1-3;2*1-4(2)3/h5-7,9-12,20-21,25-28,31-34,36-37,39-40,54,59-61H,8,13-19,22-24,29-30,35,38,41-49H2,1-4H3,(H9-,77,78,79,80,85,86,87,88,89,90,91,92,93,94,95,96,97,98,99,100,101);;;/t54-,59-,60-,61-;;;/m0.../s1. The normalized spacial score (nSPS) is 15.5. The summed E-state index contributed by atoms with van der Waals surface area (Å²) < 4.78 is 127. The number of anilines is 1. The first-order valence-electron chi connectivity index (χ1n) is 36.3. The molecule has 2 heterocycles. The predicted molar refractivity (Wildman–Crippen MR) is 411 cm³/mol. The monoisotopic (exact) mass is 1680 g/mol. The molecular weight excluding hydrogens is 1590 g/mol. The van der Waals surface area contributed by atoms with Gasteiger partial charge in [-0.1, -0.05) is 98.8 Å². The maximum atomic E-state index is 14.2. The van der Waals surface area contributed by atoms with Crippen LogP contribution in [0.5, 0.6) is 5.75 Å². The van der Waals surface area contributed by atoms with E-state index in [1.165, 1.54) is 0 Å². The highest BCUT2D eigenvalue weighted by molar-refractivity contribution is 7.86. The number of nitrogens with zero attached hydrogens (tertiary/aromatic N) is 2. The number of carbonyl (C=O) groups is 9. The van der Waals surface area contributed by atoms with Gasteiger partial charge in [-0.15, -0.1) is 25.3 Å². The van der Waals surface area contributed by atoms with E-state index in [9.17, 15) is 84.4 Å². The fourth-order valence-corrected chi connectivity index (χ4v) is 14.4. The first kappa shape index (κ1) is 96.3. The molecule has 0 spiro atoms. The van der Waals surface area contributed by atoms with Crippen molar-refractivity contribution in [3.63, 3.8) is 0 Å². The van der Waals surface area contributed by atoms with Gasteiger partial charge in [0, 0.05) is 98.3 Å². The summed E-state index contributed by atoms with van der Waals surface area (Å²) >= 11 is 0. The molecule has 4 amide bonds. The summed E-state index contributed by atoms with van der Waals surface area (Å²) in [4.78, 5) is 133. The maximum Gasteiger partial charge on any atom is 0.425 e. The lowest BCUT2D eigenvalue weighted by molar-refractivity contribution is -0.438. The van der Waals surface area contributed by atoms with Gasteiger partial charge in [0.2, 0.25) is 17.5 Å². The Labute approximate surface area is 667 Å². The molecule has 115 heavy (non-hydrogen) atoms. The molecule has 0 aromatic heterocycles. The predicted octanol–water partition coefficient (Wildman–Crippen LogP) is 6.56. The largest absolute Gasteiger partial charge is 0.748 e. The fourth-order valence-electron chi connectivity index (χ4n) is 13.3. The number of hydrogen-bond donors (Lipinski definition) is 9. The molecule has 4 aromatic rings. The number of benzene rings is 4. The number of nitrogens with one attached hydrogen (secondary N) is 4. The first-order chi connectivity index (χ1) is 54.1. The van der Waals surface area contributed by atoms with Crippen LogP contribution in [0, 0.1) is 5.92 Å². The number of carboxylic acids is 4. The molecule has 3 aliphatic rings. The number of carbonyl (C=O) groups excluding carboxylic acids is 7. The number of aliphatic carboxylic acids is 4. The molecule has 4 atom stereocenters.